The molecular formula is C24H48O2. The van der Waals surface area contributed by atoms with E-state index in [0.717, 1.165) is 18.8 Å². The highest BCUT2D eigenvalue weighted by Crippen LogP contribution is 2.18. The summed E-state index contributed by atoms with van der Waals surface area (Å²) in [5, 5.41) is 8.57. The molecule has 156 valence electrons. The van der Waals surface area contributed by atoms with Gasteiger partial charge < -0.3 is 5.11 Å². The summed E-state index contributed by atoms with van der Waals surface area (Å²) in [7, 11) is 0. The highest BCUT2D eigenvalue weighted by molar-refractivity contribution is 5.66. The summed E-state index contributed by atoms with van der Waals surface area (Å²) in [6.07, 6.45) is 26.0. The summed E-state index contributed by atoms with van der Waals surface area (Å²) < 4.78 is 0. The molecule has 0 fully saturated rings. The summed E-state index contributed by atoms with van der Waals surface area (Å²) in [6.45, 7) is 4.67. The second-order valence-electron chi connectivity index (χ2n) is 8.27. The molecule has 0 amide bonds. The van der Waals surface area contributed by atoms with Gasteiger partial charge >= 0.3 is 5.97 Å². The van der Waals surface area contributed by atoms with Crippen LogP contribution >= 0.6 is 0 Å². The van der Waals surface area contributed by atoms with Crippen LogP contribution in [-0.4, -0.2) is 11.1 Å². The normalized spacial score (nSPS) is 11.3. The van der Waals surface area contributed by atoms with Crippen molar-refractivity contribution in [1.29, 1.82) is 0 Å². The van der Waals surface area contributed by atoms with Crippen molar-refractivity contribution >= 4 is 5.97 Å². The maximum absolute atomic E-state index is 10.4. The fourth-order valence-electron chi connectivity index (χ4n) is 3.88. The van der Waals surface area contributed by atoms with Gasteiger partial charge in [-0.15, -0.1) is 0 Å². The molecular weight excluding hydrogens is 320 g/mol. The first-order chi connectivity index (χ1) is 12.7. The lowest BCUT2D eigenvalue weighted by Crippen LogP contribution is -1.96. The molecule has 1 N–H and O–H groups in total. The van der Waals surface area contributed by atoms with E-state index in [-0.39, 0.29) is 0 Å². The molecule has 0 saturated heterocycles. The van der Waals surface area contributed by atoms with Crippen molar-refractivity contribution in [2.45, 2.75) is 142 Å². The minimum Gasteiger partial charge on any atom is -0.481 e. The quantitative estimate of drug-likeness (QED) is 0.206. The lowest BCUT2D eigenvalue weighted by molar-refractivity contribution is -0.137. The van der Waals surface area contributed by atoms with E-state index in [1.54, 1.807) is 0 Å². The maximum atomic E-state index is 10.4. The number of carboxylic acids is 1. The third-order valence-electron chi connectivity index (χ3n) is 5.91. The van der Waals surface area contributed by atoms with Gasteiger partial charge in [-0.3, -0.25) is 4.79 Å². The Labute approximate surface area is 164 Å². The van der Waals surface area contributed by atoms with E-state index in [1.165, 1.54) is 109 Å². The number of aliphatic carboxylic acids is 1. The Morgan fingerprint density at radius 1 is 0.577 bits per heavy atom. The molecule has 0 bridgehead atoms. The average Bonchev–Trinajstić information content (AvgIpc) is 2.63. The van der Waals surface area contributed by atoms with E-state index < -0.39 is 5.97 Å². The zero-order valence-electron chi connectivity index (χ0n) is 18.1. The van der Waals surface area contributed by atoms with E-state index >= 15 is 0 Å². The van der Waals surface area contributed by atoms with E-state index in [9.17, 15) is 4.79 Å². The lowest BCUT2D eigenvalue weighted by atomic mass is 9.95. The van der Waals surface area contributed by atoms with Gasteiger partial charge in [0.25, 0.3) is 0 Å². The SMILES string of the molecule is CCC(CC)CCCCCCCCCCCCCCCCCCC(=O)O. The van der Waals surface area contributed by atoms with Crippen LogP contribution in [0.15, 0.2) is 0 Å². The Morgan fingerprint density at radius 2 is 0.885 bits per heavy atom. The number of rotatable bonds is 21. The van der Waals surface area contributed by atoms with Crippen LogP contribution in [-0.2, 0) is 4.79 Å². The van der Waals surface area contributed by atoms with E-state index in [4.69, 9.17) is 5.11 Å². The fraction of sp³-hybridized carbons (Fsp3) is 0.958. The third-order valence-corrected chi connectivity index (χ3v) is 5.91. The van der Waals surface area contributed by atoms with Crippen molar-refractivity contribution in [3.63, 3.8) is 0 Å². The Hall–Kier alpha value is -0.530. The van der Waals surface area contributed by atoms with Gasteiger partial charge in [-0.25, -0.2) is 0 Å². The second kappa shape index (κ2) is 20.8. The summed E-state index contributed by atoms with van der Waals surface area (Å²) in [5.41, 5.74) is 0. The molecule has 0 radical (unpaired) electrons. The van der Waals surface area contributed by atoms with Crippen LogP contribution in [0.1, 0.15) is 142 Å². The first-order valence-corrected chi connectivity index (χ1v) is 11.9. The van der Waals surface area contributed by atoms with E-state index in [1.807, 2.05) is 0 Å². The minimum absolute atomic E-state index is 0.345. The number of hydrogen-bond donors (Lipinski definition) is 1. The first kappa shape index (κ1) is 25.5. The molecule has 0 atom stereocenters. The predicted molar refractivity (Wildman–Crippen MR) is 115 cm³/mol. The molecule has 0 spiro atoms. The molecule has 0 unspecified atom stereocenters. The molecule has 0 aromatic heterocycles. The Morgan fingerprint density at radius 3 is 1.19 bits per heavy atom. The van der Waals surface area contributed by atoms with Gasteiger partial charge in [0.2, 0.25) is 0 Å². The van der Waals surface area contributed by atoms with Gasteiger partial charge in [-0.2, -0.15) is 0 Å². The highest BCUT2D eigenvalue weighted by Gasteiger charge is 2.02. The molecule has 0 aliphatic carbocycles. The lowest BCUT2D eigenvalue weighted by Gasteiger charge is -2.11. The van der Waals surface area contributed by atoms with Crippen LogP contribution in [0.4, 0.5) is 0 Å². The summed E-state index contributed by atoms with van der Waals surface area (Å²) >= 11 is 0. The van der Waals surface area contributed by atoms with Gasteiger partial charge in [-0.1, -0.05) is 129 Å². The van der Waals surface area contributed by atoms with Crippen molar-refractivity contribution in [3.05, 3.63) is 0 Å². The predicted octanol–water partition coefficient (Wildman–Crippen LogP) is 8.53. The van der Waals surface area contributed by atoms with Gasteiger partial charge in [0.15, 0.2) is 0 Å². The molecule has 0 heterocycles. The Balaban J connectivity index is 3.06. The smallest absolute Gasteiger partial charge is 0.303 e. The van der Waals surface area contributed by atoms with Crippen LogP contribution in [0.5, 0.6) is 0 Å². The largest absolute Gasteiger partial charge is 0.481 e. The topological polar surface area (TPSA) is 37.3 Å². The van der Waals surface area contributed by atoms with Crippen LogP contribution in [0.25, 0.3) is 0 Å². The van der Waals surface area contributed by atoms with Crippen molar-refractivity contribution in [2.75, 3.05) is 0 Å². The number of hydrogen-bond acceptors (Lipinski definition) is 1. The molecule has 0 rings (SSSR count). The summed E-state index contributed by atoms with van der Waals surface area (Å²) in [4.78, 5) is 10.4. The van der Waals surface area contributed by atoms with Crippen LogP contribution in [0, 0.1) is 5.92 Å². The number of carboxylic acid groups (broad SMARTS) is 1. The molecule has 0 saturated carbocycles. The monoisotopic (exact) mass is 368 g/mol. The molecule has 26 heavy (non-hydrogen) atoms. The molecule has 0 aromatic carbocycles. The number of carbonyl (C=O) groups is 1. The minimum atomic E-state index is -0.651. The third kappa shape index (κ3) is 19.8. The van der Waals surface area contributed by atoms with Crippen LogP contribution in [0.3, 0.4) is 0 Å². The number of unbranched alkanes of at least 4 members (excludes halogenated alkanes) is 15. The van der Waals surface area contributed by atoms with Crippen LogP contribution < -0.4 is 0 Å². The molecule has 0 aromatic rings. The van der Waals surface area contributed by atoms with Gasteiger partial charge in [0, 0.05) is 6.42 Å². The van der Waals surface area contributed by atoms with Crippen molar-refractivity contribution in [3.8, 4) is 0 Å². The second-order valence-corrected chi connectivity index (χ2v) is 8.27. The van der Waals surface area contributed by atoms with Crippen molar-refractivity contribution < 1.29 is 9.90 Å². The zero-order chi connectivity index (χ0) is 19.3. The fourth-order valence-corrected chi connectivity index (χ4v) is 3.88. The van der Waals surface area contributed by atoms with Crippen molar-refractivity contribution in [2.24, 2.45) is 5.92 Å². The van der Waals surface area contributed by atoms with E-state index in [2.05, 4.69) is 13.8 Å². The first-order valence-electron chi connectivity index (χ1n) is 11.9. The maximum Gasteiger partial charge on any atom is 0.303 e. The standard InChI is InChI=1S/C24H48O2/c1-3-23(4-2)21-19-17-15-13-11-9-7-5-6-8-10-12-14-16-18-20-22-24(25)26/h23H,3-22H2,1-2H3,(H,25,26). The summed E-state index contributed by atoms with van der Waals surface area (Å²) in [5.74, 6) is 0.328. The molecule has 0 aliphatic heterocycles. The highest BCUT2D eigenvalue weighted by atomic mass is 16.4. The zero-order valence-corrected chi connectivity index (χ0v) is 18.1. The Kier molecular flexibility index (Phi) is 20.4. The molecule has 0 aliphatic rings. The average molecular weight is 369 g/mol. The molecule has 2 heteroatoms. The Bertz CT molecular complexity index is 284. The van der Waals surface area contributed by atoms with Crippen LogP contribution in [0.2, 0.25) is 0 Å². The molecule has 2 nitrogen and oxygen atoms in total. The van der Waals surface area contributed by atoms with Gasteiger partial charge in [0.1, 0.15) is 0 Å². The van der Waals surface area contributed by atoms with Crippen molar-refractivity contribution in [1.82, 2.24) is 0 Å². The van der Waals surface area contributed by atoms with Gasteiger partial charge in [0.05, 0.1) is 0 Å². The summed E-state index contributed by atoms with van der Waals surface area (Å²) in [6, 6.07) is 0. The van der Waals surface area contributed by atoms with Gasteiger partial charge in [-0.05, 0) is 12.3 Å². The van der Waals surface area contributed by atoms with E-state index in [0.29, 0.717) is 6.42 Å².